The Balaban J connectivity index is 1.63. The molecule has 196 valence electrons. The van der Waals surface area contributed by atoms with Crippen LogP contribution in [0.4, 0.5) is 10.5 Å². The van der Waals surface area contributed by atoms with Gasteiger partial charge in [-0.1, -0.05) is 0 Å². The Hall–Kier alpha value is -3.95. The number of piperidine rings is 1. The number of ether oxygens (including phenoxy) is 3. The second-order valence-corrected chi connectivity index (χ2v) is 9.81. The molecule has 0 spiro atoms. The van der Waals surface area contributed by atoms with Gasteiger partial charge >= 0.3 is 12.1 Å². The number of likely N-dealkylation sites (tertiary alicyclic amines) is 1. The summed E-state index contributed by atoms with van der Waals surface area (Å²) in [4.78, 5) is 40.6. The number of methoxy groups -OCH3 is 1. The standard InChI is InChI=1S/C27H33N5O5/c1-6-36-25(33)19-16-28-21-9-8-20(17-7-10-22(35-5)29-15-17)31-24(21)23(19)30-18-11-13-32(14-12-18)26(34)37-27(2,3)4/h7-10,15-16,18H,6,11-14H2,1-5H3,(H,28,30). The zero-order valence-electron chi connectivity index (χ0n) is 21.9. The Morgan fingerprint density at radius 2 is 1.84 bits per heavy atom. The van der Waals surface area contributed by atoms with Crippen LogP contribution in [0.5, 0.6) is 5.88 Å². The first-order valence-corrected chi connectivity index (χ1v) is 12.4. The number of esters is 1. The van der Waals surface area contributed by atoms with Crippen LogP contribution in [-0.2, 0) is 9.47 Å². The van der Waals surface area contributed by atoms with Crippen molar-refractivity contribution in [1.29, 1.82) is 0 Å². The summed E-state index contributed by atoms with van der Waals surface area (Å²) in [6.07, 6.45) is 4.27. The van der Waals surface area contributed by atoms with Gasteiger partial charge in [0.15, 0.2) is 0 Å². The van der Waals surface area contributed by atoms with Crippen LogP contribution in [0.25, 0.3) is 22.3 Å². The van der Waals surface area contributed by atoms with Crippen LogP contribution in [0.3, 0.4) is 0 Å². The van der Waals surface area contributed by atoms with E-state index in [1.54, 1.807) is 31.2 Å². The van der Waals surface area contributed by atoms with Gasteiger partial charge in [0.25, 0.3) is 0 Å². The largest absolute Gasteiger partial charge is 0.481 e. The molecule has 10 heteroatoms. The molecule has 0 unspecified atom stereocenters. The van der Waals surface area contributed by atoms with E-state index in [1.165, 1.54) is 6.20 Å². The van der Waals surface area contributed by atoms with E-state index < -0.39 is 11.6 Å². The van der Waals surface area contributed by atoms with E-state index in [0.29, 0.717) is 59.8 Å². The zero-order valence-corrected chi connectivity index (χ0v) is 21.9. The van der Waals surface area contributed by atoms with Gasteiger partial charge in [0.2, 0.25) is 5.88 Å². The van der Waals surface area contributed by atoms with E-state index in [0.717, 1.165) is 5.56 Å². The van der Waals surface area contributed by atoms with Crippen LogP contribution in [0.1, 0.15) is 50.9 Å². The van der Waals surface area contributed by atoms with Crippen molar-refractivity contribution in [2.45, 2.75) is 52.2 Å². The predicted octanol–water partition coefficient (Wildman–Crippen LogP) is 4.69. The van der Waals surface area contributed by atoms with E-state index in [1.807, 2.05) is 39.0 Å². The fourth-order valence-corrected chi connectivity index (χ4v) is 4.13. The van der Waals surface area contributed by atoms with Crippen LogP contribution in [0, 0.1) is 0 Å². The smallest absolute Gasteiger partial charge is 0.410 e. The van der Waals surface area contributed by atoms with Crippen LogP contribution in [0.2, 0.25) is 0 Å². The van der Waals surface area contributed by atoms with Crippen LogP contribution in [-0.4, -0.2) is 70.4 Å². The summed E-state index contributed by atoms with van der Waals surface area (Å²) >= 11 is 0. The quantitative estimate of drug-likeness (QED) is 0.474. The second-order valence-electron chi connectivity index (χ2n) is 9.81. The number of hydrogen-bond acceptors (Lipinski definition) is 9. The number of nitrogens with one attached hydrogen (secondary N) is 1. The molecule has 3 aromatic rings. The van der Waals surface area contributed by atoms with Gasteiger partial charge in [-0.25, -0.2) is 19.6 Å². The zero-order chi connectivity index (χ0) is 26.6. The summed E-state index contributed by atoms with van der Waals surface area (Å²) in [6.45, 7) is 8.66. The van der Waals surface area contributed by atoms with E-state index in [9.17, 15) is 9.59 Å². The summed E-state index contributed by atoms with van der Waals surface area (Å²) < 4.78 is 16.0. The van der Waals surface area contributed by atoms with Crippen molar-refractivity contribution in [3.8, 4) is 17.1 Å². The molecule has 1 aliphatic heterocycles. The van der Waals surface area contributed by atoms with Gasteiger partial charge in [0, 0.05) is 43.2 Å². The Labute approximate surface area is 216 Å². The van der Waals surface area contributed by atoms with E-state index >= 15 is 0 Å². The number of aromatic nitrogens is 3. The molecule has 3 aromatic heterocycles. The Morgan fingerprint density at radius 1 is 1.08 bits per heavy atom. The minimum absolute atomic E-state index is 0.0190. The molecule has 0 radical (unpaired) electrons. The van der Waals surface area contributed by atoms with Crippen LogP contribution >= 0.6 is 0 Å². The summed E-state index contributed by atoms with van der Waals surface area (Å²) in [5, 5.41) is 3.52. The summed E-state index contributed by atoms with van der Waals surface area (Å²) in [6, 6.07) is 7.40. The molecule has 0 bridgehead atoms. The maximum absolute atomic E-state index is 12.8. The van der Waals surface area contributed by atoms with Gasteiger partial charge in [0.1, 0.15) is 16.7 Å². The number of fused-ring (bicyclic) bond motifs is 1. The number of nitrogens with zero attached hydrogens (tertiary/aromatic N) is 4. The number of carbonyl (C=O) groups excluding carboxylic acids is 2. The number of hydrogen-bond donors (Lipinski definition) is 1. The first-order chi connectivity index (χ1) is 17.7. The molecule has 1 fully saturated rings. The molecule has 4 heterocycles. The minimum atomic E-state index is -0.542. The molecule has 1 amide bonds. The first kappa shape index (κ1) is 26.1. The average molecular weight is 508 g/mol. The number of anilines is 1. The SMILES string of the molecule is CCOC(=O)c1cnc2ccc(-c3ccc(OC)nc3)nc2c1NC1CCN(C(=O)OC(C)(C)C)CC1. The number of rotatable bonds is 6. The van der Waals surface area contributed by atoms with Gasteiger partial charge in [-0.3, -0.25) is 4.98 Å². The molecule has 0 aromatic carbocycles. The highest BCUT2D eigenvalue weighted by Gasteiger charge is 2.28. The second kappa shape index (κ2) is 11.0. The monoisotopic (exact) mass is 507 g/mol. The average Bonchev–Trinajstić information content (AvgIpc) is 2.88. The lowest BCUT2D eigenvalue weighted by molar-refractivity contribution is 0.0210. The summed E-state index contributed by atoms with van der Waals surface area (Å²) in [5.74, 6) is 0.0415. The van der Waals surface area contributed by atoms with Crippen molar-refractivity contribution in [2.75, 3.05) is 32.1 Å². The lowest BCUT2D eigenvalue weighted by atomic mass is 10.0. The van der Waals surface area contributed by atoms with Crippen LogP contribution in [0.15, 0.2) is 36.7 Å². The Kier molecular flexibility index (Phi) is 7.75. The minimum Gasteiger partial charge on any atom is -0.481 e. The molecule has 10 nitrogen and oxygen atoms in total. The molecule has 1 N–H and O–H groups in total. The number of carbonyl (C=O) groups is 2. The molecule has 37 heavy (non-hydrogen) atoms. The molecule has 0 aliphatic carbocycles. The van der Waals surface area contributed by atoms with Gasteiger partial charge in [-0.2, -0.15) is 0 Å². The molecular formula is C27H33N5O5. The third kappa shape index (κ3) is 6.25. The Bertz CT molecular complexity index is 1260. The predicted molar refractivity (Wildman–Crippen MR) is 140 cm³/mol. The number of pyridine rings is 3. The highest BCUT2D eigenvalue weighted by molar-refractivity contribution is 6.04. The molecule has 1 saturated heterocycles. The highest BCUT2D eigenvalue weighted by Crippen LogP contribution is 2.30. The fourth-order valence-electron chi connectivity index (χ4n) is 4.13. The van der Waals surface area contributed by atoms with Gasteiger partial charge in [-0.05, 0) is 58.7 Å². The maximum atomic E-state index is 12.8. The lowest BCUT2D eigenvalue weighted by Crippen LogP contribution is -2.44. The van der Waals surface area contributed by atoms with Gasteiger partial charge in [0.05, 0.1) is 30.6 Å². The van der Waals surface area contributed by atoms with Gasteiger partial charge in [-0.15, -0.1) is 0 Å². The van der Waals surface area contributed by atoms with E-state index in [-0.39, 0.29) is 18.7 Å². The van der Waals surface area contributed by atoms with Crippen molar-refractivity contribution in [3.63, 3.8) is 0 Å². The van der Waals surface area contributed by atoms with E-state index in [4.69, 9.17) is 19.2 Å². The molecule has 0 atom stereocenters. The molecular weight excluding hydrogens is 474 g/mol. The fraction of sp³-hybridized carbons (Fsp3) is 0.444. The summed E-state index contributed by atoms with van der Waals surface area (Å²) in [5.41, 5.74) is 3.05. The molecule has 4 rings (SSSR count). The lowest BCUT2D eigenvalue weighted by Gasteiger charge is -2.34. The van der Waals surface area contributed by atoms with Crippen molar-refractivity contribution in [1.82, 2.24) is 19.9 Å². The summed E-state index contributed by atoms with van der Waals surface area (Å²) in [7, 11) is 1.56. The number of amides is 1. The maximum Gasteiger partial charge on any atom is 0.410 e. The van der Waals surface area contributed by atoms with Crippen molar-refractivity contribution in [2.24, 2.45) is 0 Å². The first-order valence-electron chi connectivity index (χ1n) is 12.4. The third-order valence-corrected chi connectivity index (χ3v) is 5.94. The third-order valence-electron chi connectivity index (χ3n) is 5.94. The molecule has 0 saturated carbocycles. The normalized spacial score (nSPS) is 14.4. The van der Waals surface area contributed by atoms with Crippen molar-refractivity contribution < 1.29 is 23.8 Å². The highest BCUT2D eigenvalue weighted by atomic mass is 16.6. The topological polar surface area (TPSA) is 116 Å². The van der Waals surface area contributed by atoms with Crippen LogP contribution < -0.4 is 10.1 Å². The Morgan fingerprint density at radius 3 is 2.46 bits per heavy atom. The van der Waals surface area contributed by atoms with Crippen molar-refractivity contribution >= 4 is 28.8 Å². The molecule has 1 aliphatic rings. The van der Waals surface area contributed by atoms with Gasteiger partial charge < -0.3 is 24.4 Å². The van der Waals surface area contributed by atoms with E-state index in [2.05, 4.69) is 15.3 Å². The van der Waals surface area contributed by atoms with Crippen molar-refractivity contribution in [3.05, 3.63) is 42.2 Å².